The molecule has 0 aliphatic carbocycles. The number of carbonyl (C=O) groups excluding carboxylic acids is 4. The second-order valence-electron chi connectivity index (χ2n) is 10.3. The molecule has 4 amide bonds. The molecular formula is C27H36N8O6. The van der Waals surface area contributed by atoms with Crippen molar-refractivity contribution in [1.29, 1.82) is 0 Å². The van der Waals surface area contributed by atoms with Crippen LogP contribution in [-0.2, 0) is 36.8 Å². The molecule has 2 aromatic heterocycles. The van der Waals surface area contributed by atoms with E-state index in [1.54, 1.807) is 12.3 Å². The van der Waals surface area contributed by atoms with Crippen LogP contribution in [0.1, 0.15) is 37.9 Å². The van der Waals surface area contributed by atoms with Crippen molar-refractivity contribution in [3.05, 3.63) is 54.2 Å². The van der Waals surface area contributed by atoms with Gasteiger partial charge in [-0.2, -0.15) is 0 Å². The van der Waals surface area contributed by atoms with Crippen LogP contribution in [0.25, 0.3) is 10.9 Å². The van der Waals surface area contributed by atoms with Gasteiger partial charge in [-0.25, -0.2) is 9.78 Å². The molecule has 4 atom stereocenters. The number of nitrogens with zero attached hydrogens (tertiary/aromatic N) is 1. The zero-order valence-corrected chi connectivity index (χ0v) is 22.8. The van der Waals surface area contributed by atoms with Crippen LogP contribution in [0.4, 0.5) is 0 Å². The largest absolute Gasteiger partial charge is 0.480 e. The van der Waals surface area contributed by atoms with Gasteiger partial charge in [-0.05, 0) is 24.0 Å². The standard InChI is InChI=1S/C27H36N8O6/c1-14(2)7-18(28)24(37)33-20(9-16-12-30-13-32-16)25(38)34-21(10-23(29)36)26(39)35-22(27(40)41)8-15-11-31-19-6-4-3-5-17(15)19/h3-6,11-14,18,20-22,31H,7-10,28H2,1-2H3,(H2,29,36)(H,30,32)(H,33,37)(H,34,38)(H,35,39)(H,40,41). The number of primary amides is 1. The summed E-state index contributed by atoms with van der Waals surface area (Å²) in [5.41, 5.74) is 13.3. The van der Waals surface area contributed by atoms with Gasteiger partial charge in [-0.15, -0.1) is 0 Å². The number of benzene rings is 1. The number of carbonyl (C=O) groups is 5. The van der Waals surface area contributed by atoms with Gasteiger partial charge in [0.15, 0.2) is 0 Å². The van der Waals surface area contributed by atoms with Crippen molar-refractivity contribution in [2.75, 3.05) is 0 Å². The zero-order valence-electron chi connectivity index (χ0n) is 22.8. The third-order valence-corrected chi connectivity index (χ3v) is 6.43. The molecule has 0 aliphatic heterocycles. The van der Waals surface area contributed by atoms with Crippen molar-refractivity contribution < 1.29 is 29.1 Å². The van der Waals surface area contributed by atoms with Gasteiger partial charge in [-0.1, -0.05) is 32.0 Å². The minimum absolute atomic E-state index is 0.0187. The number of nitrogens with two attached hydrogens (primary N) is 2. The van der Waals surface area contributed by atoms with E-state index >= 15 is 0 Å². The zero-order chi connectivity index (χ0) is 30.1. The fourth-order valence-corrected chi connectivity index (χ4v) is 4.39. The molecule has 0 aliphatic rings. The van der Waals surface area contributed by atoms with Gasteiger partial charge in [0.05, 0.1) is 18.8 Å². The maximum Gasteiger partial charge on any atom is 0.326 e. The first-order valence-corrected chi connectivity index (χ1v) is 13.1. The highest BCUT2D eigenvalue weighted by molar-refractivity contribution is 5.96. The minimum atomic E-state index is -1.50. The molecule has 2 heterocycles. The number of nitrogens with one attached hydrogen (secondary N) is 5. The smallest absolute Gasteiger partial charge is 0.326 e. The van der Waals surface area contributed by atoms with Crippen LogP contribution in [0.3, 0.4) is 0 Å². The topological polar surface area (TPSA) is 238 Å². The maximum atomic E-state index is 13.3. The number of carboxylic acid groups (broad SMARTS) is 1. The van der Waals surface area contributed by atoms with Crippen LogP contribution in [0.2, 0.25) is 0 Å². The Morgan fingerprint density at radius 2 is 1.59 bits per heavy atom. The molecule has 10 N–H and O–H groups in total. The lowest BCUT2D eigenvalue weighted by molar-refractivity contribution is -0.142. The molecule has 0 spiro atoms. The number of fused-ring (bicyclic) bond motifs is 1. The Labute approximate surface area is 236 Å². The van der Waals surface area contributed by atoms with E-state index in [-0.39, 0.29) is 18.8 Å². The van der Waals surface area contributed by atoms with E-state index in [4.69, 9.17) is 11.5 Å². The Hall–Kier alpha value is -4.72. The Bertz CT molecular complexity index is 1370. The normalized spacial score (nSPS) is 14.1. The quantitative estimate of drug-likeness (QED) is 0.118. The number of rotatable bonds is 15. The number of imidazole rings is 1. The van der Waals surface area contributed by atoms with Gasteiger partial charge >= 0.3 is 5.97 Å². The lowest BCUT2D eigenvalue weighted by Gasteiger charge is -2.25. The van der Waals surface area contributed by atoms with Crippen LogP contribution in [0, 0.1) is 5.92 Å². The molecule has 4 unspecified atom stereocenters. The molecule has 1 aromatic carbocycles. The first kappa shape index (κ1) is 30.8. The maximum absolute atomic E-state index is 13.3. The number of aliphatic carboxylic acids is 1. The van der Waals surface area contributed by atoms with Crippen LogP contribution in [-0.4, -0.2) is 73.8 Å². The van der Waals surface area contributed by atoms with E-state index in [0.717, 1.165) is 10.9 Å². The van der Waals surface area contributed by atoms with Crippen LogP contribution in [0.5, 0.6) is 0 Å². The molecule has 0 bridgehead atoms. The van der Waals surface area contributed by atoms with E-state index in [0.29, 0.717) is 17.7 Å². The number of aromatic amines is 2. The van der Waals surface area contributed by atoms with Gasteiger partial charge < -0.3 is 42.5 Å². The number of hydrogen-bond donors (Lipinski definition) is 8. The number of carboxylic acids is 1. The highest BCUT2D eigenvalue weighted by atomic mass is 16.4. The summed E-state index contributed by atoms with van der Waals surface area (Å²) in [7, 11) is 0. The fourth-order valence-electron chi connectivity index (χ4n) is 4.39. The third kappa shape index (κ3) is 8.89. The SMILES string of the molecule is CC(C)CC(N)C(=O)NC(Cc1cnc[nH]1)C(=O)NC(CC(N)=O)C(=O)NC(Cc1c[nH]c2ccccc12)C(=O)O. The second-order valence-corrected chi connectivity index (χ2v) is 10.3. The van der Waals surface area contributed by atoms with Crippen molar-refractivity contribution in [1.82, 2.24) is 30.9 Å². The molecule has 0 saturated carbocycles. The van der Waals surface area contributed by atoms with Crippen molar-refractivity contribution in [2.24, 2.45) is 17.4 Å². The molecule has 0 radical (unpaired) electrons. The summed E-state index contributed by atoms with van der Waals surface area (Å²) >= 11 is 0. The van der Waals surface area contributed by atoms with E-state index in [2.05, 4.69) is 30.9 Å². The predicted octanol–water partition coefficient (Wildman–Crippen LogP) is -0.536. The fraction of sp³-hybridized carbons (Fsp3) is 0.407. The molecule has 14 heteroatoms. The lowest BCUT2D eigenvalue weighted by Crippen LogP contribution is -2.58. The molecule has 3 aromatic rings. The van der Waals surface area contributed by atoms with Gasteiger partial charge in [0.1, 0.15) is 18.1 Å². The van der Waals surface area contributed by atoms with E-state index in [1.165, 1.54) is 12.5 Å². The summed E-state index contributed by atoms with van der Waals surface area (Å²) in [4.78, 5) is 72.8. The van der Waals surface area contributed by atoms with E-state index < -0.39 is 60.2 Å². The highest BCUT2D eigenvalue weighted by Gasteiger charge is 2.32. The first-order valence-electron chi connectivity index (χ1n) is 13.1. The predicted molar refractivity (Wildman–Crippen MR) is 149 cm³/mol. The van der Waals surface area contributed by atoms with Gasteiger partial charge in [0.25, 0.3) is 0 Å². The second kappa shape index (κ2) is 14.1. The summed E-state index contributed by atoms with van der Waals surface area (Å²) in [5.74, 6) is -4.37. The Morgan fingerprint density at radius 3 is 2.22 bits per heavy atom. The van der Waals surface area contributed by atoms with Crippen LogP contribution >= 0.6 is 0 Å². The summed E-state index contributed by atoms with van der Waals surface area (Å²) in [6, 6.07) is 2.35. The molecule has 220 valence electrons. The van der Waals surface area contributed by atoms with Crippen molar-refractivity contribution in [3.63, 3.8) is 0 Å². The number of para-hydroxylation sites is 1. The highest BCUT2D eigenvalue weighted by Crippen LogP contribution is 2.19. The van der Waals surface area contributed by atoms with Gasteiger partial charge in [0.2, 0.25) is 23.6 Å². The number of hydrogen-bond acceptors (Lipinski definition) is 7. The van der Waals surface area contributed by atoms with Crippen molar-refractivity contribution in [3.8, 4) is 0 Å². The number of H-pyrrole nitrogens is 2. The van der Waals surface area contributed by atoms with Crippen LogP contribution < -0.4 is 27.4 Å². The Kier molecular flexibility index (Phi) is 10.6. The first-order chi connectivity index (χ1) is 19.4. The summed E-state index contributed by atoms with van der Waals surface area (Å²) in [6.07, 6.45) is 4.22. The van der Waals surface area contributed by atoms with Crippen LogP contribution in [0.15, 0.2) is 43.0 Å². The lowest BCUT2D eigenvalue weighted by atomic mass is 10.0. The average molecular weight is 569 g/mol. The minimum Gasteiger partial charge on any atom is -0.480 e. The van der Waals surface area contributed by atoms with Gasteiger partial charge in [0, 0.05) is 41.8 Å². The monoisotopic (exact) mass is 568 g/mol. The molecular weight excluding hydrogens is 532 g/mol. The molecule has 41 heavy (non-hydrogen) atoms. The van der Waals surface area contributed by atoms with Gasteiger partial charge in [-0.3, -0.25) is 19.2 Å². The summed E-state index contributed by atoms with van der Waals surface area (Å²) < 4.78 is 0. The van der Waals surface area contributed by atoms with E-state index in [1.807, 2.05) is 32.0 Å². The van der Waals surface area contributed by atoms with Crippen molar-refractivity contribution in [2.45, 2.75) is 63.7 Å². The molecule has 14 nitrogen and oxygen atoms in total. The third-order valence-electron chi connectivity index (χ3n) is 6.43. The number of amides is 4. The molecule has 0 fully saturated rings. The Balaban J connectivity index is 1.76. The molecule has 3 rings (SSSR count). The Morgan fingerprint density at radius 1 is 0.927 bits per heavy atom. The number of aromatic nitrogens is 3. The van der Waals surface area contributed by atoms with Crippen molar-refractivity contribution >= 4 is 40.5 Å². The summed E-state index contributed by atoms with van der Waals surface area (Å²) in [5, 5.41) is 18.0. The molecule has 0 saturated heterocycles. The summed E-state index contributed by atoms with van der Waals surface area (Å²) in [6.45, 7) is 3.80. The van der Waals surface area contributed by atoms with E-state index in [9.17, 15) is 29.1 Å². The average Bonchev–Trinajstić information content (AvgIpc) is 3.56.